The SMILES string of the molecule is CCCC(C)NC(=O)C(C)Sc1nccnc1N. The second-order valence-electron chi connectivity index (χ2n) is 4.21. The second kappa shape index (κ2) is 7.20. The van der Waals surface area contributed by atoms with Crippen molar-refractivity contribution in [1.29, 1.82) is 0 Å². The topological polar surface area (TPSA) is 80.9 Å². The molecule has 6 heteroatoms. The van der Waals surface area contributed by atoms with Crippen LogP contribution in [0.3, 0.4) is 0 Å². The van der Waals surface area contributed by atoms with Crippen LogP contribution in [0.15, 0.2) is 17.4 Å². The molecule has 0 saturated carbocycles. The van der Waals surface area contributed by atoms with Crippen LogP contribution >= 0.6 is 11.8 Å². The van der Waals surface area contributed by atoms with Crippen LogP contribution in [-0.4, -0.2) is 27.2 Å². The molecule has 1 rings (SSSR count). The molecule has 1 aromatic heterocycles. The van der Waals surface area contributed by atoms with Crippen molar-refractivity contribution >= 4 is 23.5 Å². The number of nitrogen functional groups attached to an aromatic ring is 1. The number of nitrogens with two attached hydrogens (primary N) is 1. The van der Waals surface area contributed by atoms with E-state index in [1.54, 1.807) is 6.20 Å². The van der Waals surface area contributed by atoms with Gasteiger partial charge in [-0.1, -0.05) is 25.1 Å². The van der Waals surface area contributed by atoms with Gasteiger partial charge in [-0.2, -0.15) is 0 Å². The van der Waals surface area contributed by atoms with Crippen molar-refractivity contribution in [2.75, 3.05) is 5.73 Å². The summed E-state index contributed by atoms with van der Waals surface area (Å²) in [6.07, 6.45) is 5.15. The molecular formula is C12H20N4OS. The summed E-state index contributed by atoms with van der Waals surface area (Å²) in [7, 11) is 0. The number of amides is 1. The maximum absolute atomic E-state index is 11.9. The van der Waals surface area contributed by atoms with Gasteiger partial charge in [0.25, 0.3) is 0 Å². The van der Waals surface area contributed by atoms with Crippen molar-refractivity contribution < 1.29 is 4.79 Å². The quantitative estimate of drug-likeness (QED) is 0.769. The molecule has 0 aliphatic rings. The maximum Gasteiger partial charge on any atom is 0.233 e. The summed E-state index contributed by atoms with van der Waals surface area (Å²) in [5.74, 6) is 0.370. The maximum atomic E-state index is 11.9. The van der Waals surface area contributed by atoms with Crippen LogP contribution in [0.1, 0.15) is 33.6 Å². The zero-order valence-corrected chi connectivity index (χ0v) is 11.8. The first-order valence-electron chi connectivity index (χ1n) is 6.08. The molecule has 3 N–H and O–H groups in total. The van der Waals surface area contributed by atoms with Gasteiger partial charge in [0, 0.05) is 18.4 Å². The largest absolute Gasteiger partial charge is 0.381 e. The van der Waals surface area contributed by atoms with Crippen LogP contribution in [0.4, 0.5) is 5.82 Å². The molecule has 5 nitrogen and oxygen atoms in total. The van der Waals surface area contributed by atoms with Crippen LogP contribution in [-0.2, 0) is 4.79 Å². The Morgan fingerprint density at radius 3 is 2.72 bits per heavy atom. The fraction of sp³-hybridized carbons (Fsp3) is 0.583. The predicted octanol–water partition coefficient (Wildman–Crippen LogP) is 1.84. The molecule has 0 fully saturated rings. The first kappa shape index (κ1) is 14.8. The third-order valence-corrected chi connectivity index (χ3v) is 3.56. The van der Waals surface area contributed by atoms with Gasteiger partial charge < -0.3 is 11.1 Å². The molecule has 100 valence electrons. The molecule has 0 spiro atoms. The molecule has 0 aromatic carbocycles. The standard InChI is InChI=1S/C12H20N4OS/c1-4-5-8(2)16-11(17)9(3)18-12-10(13)14-6-7-15-12/h6-9H,4-5H2,1-3H3,(H2,13,14)(H,16,17). The fourth-order valence-electron chi connectivity index (χ4n) is 1.51. The fourth-order valence-corrected chi connectivity index (χ4v) is 2.32. The Morgan fingerprint density at radius 1 is 1.44 bits per heavy atom. The second-order valence-corrected chi connectivity index (χ2v) is 5.53. The number of hydrogen-bond acceptors (Lipinski definition) is 5. The molecule has 1 heterocycles. The van der Waals surface area contributed by atoms with Gasteiger partial charge >= 0.3 is 0 Å². The molecule has 0 aliphatic carbocycles. The lowest BCUT2D eigenvalue weighted by Crippen LogP contribution is -2.37. The number of aromatic nitrogens is 2. The summed E-state index contributed by atoms with van der Waals surface area (Å²) in [5, 5.41) is 3.34. The summed E-state index contributed by atoms with van der Waals surface area (Å²) in [6, 6.07) is 0.199. The van der Waals surface area contributed by atoms with Crippen molar-refractivity contribution in [2.24, 2.45) is 0 Å². The Balaban J connectivity index is 2.52. The Morgan fingerprint density at radius 2 is 2.11 bits per heavy atom. The van der Waals surface area contributed by atoms with E-state index in [1.165, 1.54) is 18.0 Å². The summed E-state index contributed by atoms with van der Waals surface area (Å²) in [5.41, 5.74) is 5.69. The van der Waals surface area contributed by atoms with E-state index < -0.39 is 0 Å². The number of thioether (sulfide) groups is 1. The third kappa shape index (κ3) is 4.52. The van der Waals surface area contributed by atoms with Gasteiger partial charge in [-0.25, -0.2) is 9.97 Å². The van der Waals surface area contributed by atoms with E-state index in [9.17, 15) is 4.79 Å². The van der Waals surface area contributed by atoms with Crippen molar-refractivity contribution in [3.8, 4) is 0 Å². The summed E-state index contributed by atoms with van der Waals surface area (Å²) in [6.45, 7) is 5.95. The number of carbonyl (C=O) groups is 1. The molecule has 2 atom stereocenters. The first-order chi connectivity index (χ1) is 8.54. The van der Waals surface area contributed by atoms with Gasteiger partial charge in [-0.15, -0.1) is 0 Å². The predicted molar refractivity (Wildman–Crippen MR) is 74.3 cm³/mol. The monoisotopic (exact) mass is 268 g/mol. The highest BCUT2D eigenvalue weighted by molar-refractivity contribution is 8.00. The highest BCUT2D eigenvalue weighted by Gasteiger charge is 2.18. The van der Waals surface area contributed by atoms with Crippen LogP contribution in [0, 0.1) is 0 Å². The Kier molecular flexibility index (Phi) is 5.91. The average molecular weight is 268 g/mol. The first-order valence-corrected chi connectivity index (χ1v) is 6.96. The van der Waals surface area contributed by atoms with Gasteiger partial charge in [0.2, 0.25) is 5.91 Å². The van der Waals surface area contributed by atoms with E-state index in [0.29, 0.717) is 10.8 Å². The highest BCUT2D eigenvalue weighted by Crippen LogP contribution is 2.24. The van der Waals surface area contributed by atoms with Gasteiger partial charge in [-0.05, 0) is 20.3 Å². The summed E-state index contributed by atoms with van der Waals surface area (Å²) in [4.78, 5) is 20.0. The number of anilines is 1. The van der Waals surface area contributed by atoms with Gasteiger partial charge in [0.1, 0.15) is 5.03 Å². The molecule has 0 saturated heterocycles. The molecule has 0 aliphatic heterocycles. The number of nitrogens with one attached hydrogen (secondary N) is 1. The lowest BCUT2D eigenvalue weighted by molar-refractivity contribution is -0.120. The Hall–Kier alpha value is -1.30. The van der Waals surface area contributed by atoms with E-state index in [-0.39, 0.29) is 17.2 Å². The van der Waals surface area contributed by atoms with Crippen LogP contribution in [0.2, 0.25) is 0 Å². The van der Waals surface area contributed by atoms with Gasteiger partial charge in [-0.3, -0.25) is 4.79 Å². The molecule has 18 heavy (non-hydrogen) atoms. The van der Waals surface area contributed by atoms with E-state index in [4.69, 9.17) is 5.73 Å². The molecule has 0 radical (unpaired) electrons. The zero-order chi connectivity index (χ0) is 13.5. The number of hydrogen-bond donors (Lipinski definition) is 2. The minimum absolute atomic E-state index is 0.00556. The zero-order valence-electron chi connectivity index (χ0n) is 11.0. The third-order valence-electron chi connectivity index (χ3n) is 2.46. The number of rotatable bonds is 6. The molecular weight excluding hydrogens is 248 g/mol. The highest BCUT2D eigenvalue weighted by atomic mass is 32.2. The molecule has 1 aromatic rings. The van der Waals surface area contributed by atoms with Crippen LogP contribution in [0.25, 0.3) is 0 Å². The van der Waals surface area contributed by atoms with E-state index in [1.807, 2.05) is 13.8 Å². The van der Waals surface area contributed by atoms with Crippen molar-refractivity contribution in [2.45, 2.75) is 49.9 Å². The van der Waals surface area contributed by atoms with E-state index >= 15 is 0 Å². The van der Waals surface area contributed by atoms with Crippen molar-refractivity contribution in [3.63, 3.8) is 0 Å². The van der Waals surface area contributed by atoms with Crippen LogP contribution in [0.5, 0.6) is 0 Å². The lowest BCUT2D eigenvalue weighted by Gasteiger charge is -2.16. The summed E-state index contributed by atoms with van der Waals surface area (Å²) < 4.78 is 0. The van der Waals surface area contributed by atoms with Crippen LogP contribution < -0.4 is 11.1 Å². The van der Waals surface area contributed by atoms with Gasteiger partial charge in [0.05, 0.1) is 5.25 Å². The molecule has 1 amide bonds. The van der Waals surface area contributed by atoms with Gasteiger partial charge in [0.15, 0.2) is 5.82 Å². The number of carbonyl (C=O) groups excluding carboxylic acids is 1. The number of nitrogens with zero attached hydrogens (tertiary/aromatic N) is 2. The van der Waals surface area contributed by atoms with E-state index in [2.05, 4.69) is 22.2 Å². The molecule has 2 unspecified atom stereocenters. The Labute approximate surface area is 112 Å². The molecule has 0 bridgehead atoms. The van der Waals surface area contributed by atoms with Crippen molar-refractivity contribution in [1.82, 2.24) is 15.3 Å². The smallest absolute Gasteiger partial charge is 0.233 e. The minimum atomic E-state index is -0.233. The van der Waals surface area contributed by atoms with E-state index in [0.717, 1.165) is 12.8 Å². The average Bonchev–Trinajstić information content (AvgIpc) is 2.32. The normalized spacial score (nSPS) is 13.9. The summed E-state index contributed by atoms with van der Waals surface area (Å²) >= 11 is 1.33. The van der Waals surface area contributed by atoms with Crippen molar-refractivity contribution in [3.05, 3.63) is 12.4 Å². The Bertz CT molecular complexity index is 399. The lowest BCUT2D eigenvalue weighted by atomic mass is 10.2. The minimum Gasteiger partial charge on any atom is -0.381 e.